The maximum Gasteiger partial charge on any atom is 0.310 e. The zero-order chi connectivity index (χ0) is 40.3. The van der Waals surface area contributed by atoms with Gasteiger partial charge in [0, 0.05) is 47.3 Å². The number of hydrogen-bond donors (Lipinski definition) is 3. The van der Waals surface area contributed by atoms with E-state index in [0.29, 0.717) is 48.1 Å². The molecular weight excluding hydrogens is 730 g/mol. The summed E-state index contributed by atoms with van der Waals surface area (Å²) in [7, 11) is 0. The highest BCUT2D eigenvalue weighted by Crippen LogP contribution is 2.69. The summed E-state index contributed by atoms with van der Waals surface area (Å²) in [4.78, 5) is 68.8. The minimum atomic E-state index is -1.97. The fraction of sp³-hybridized carbons (Fsp3) is 0.467. The van der Waals surface area contributed by atoms with Crippen molar-refractivity contribution in [2.24, 2.45) is 46.2 Å². The molecule has 8 rings (SSSR count). The normalized spacial score (nSPS) is 32.9. The number of alkyl halides is 1. The van der Waals surface area contributed by atoms with E-state index in [1.165, 1.54) is 12.2 Å². The van der Waals surface area contributed by atoms with Crippen LogP contribution < -0.4 is 11.1 Å². The van der Waals surface area contributed by atoms with Crippen LogP contribution in [0, 0.1) is 40.4 Å². The summed E-state index contributed by atoms with van der Waals surface area (Å²) in [6.07, 6.45) is 9.14. The Bertz CT molecular complexity index is 2210. The third-order valence-electron chi connectivity index (χ3n) is 14.0. The van der Waals surface area contributed by atoms with Crippen molar-refractivity contribution < 1.29 is 42.9 Å². The predicted octanol–water partition coefficient (Wildman–Crippen LogP) is 5.69. The first-order valence-electron chi connectivity index (χ1n) is 19.9. The highest BCUT2D eigenvalue weighted by Gasteiger charge is 2.70. The largest absolute Gasteiger partial charge is 0.461 e. The molecule has 10 atom stereocenters. The number of carbonyl (C=O) groups excluding carboxylic acids is 5. The number of benzene rings is 2. The Morgan fingerprint density at radius 1 is 0.982 bits per heavy atom. The lowest BCUT2D eigenvalue weighted by Crippen LogP contribution is -2.66. The van der Waals surface area contributed by atoms with Gasteiger partial charge in [0.15, 0.2) is 17.2 Å². The van der Waals surface area contributed by atoms with E-state index in [-0.39, 0.29) is 49.4 Å². The number of aliphatic hydroxyl groups excluding tert-OH is 1. The molecule has 1 amide bonds. The third-order valence-corrected chi connectivity index (χ3v) is 14.0. The number of halogens is 1. The van der Waals surface area contributed by atoms with Crippen molar-refractivity contribution in [2.75, 3.05) is 18.5 Å². The van der Waals surface area contributed by atoms with Crippen LogP contribution >= 0.6 is 0 Å². The van der Waals surface area contributed by atoms with E-state index >= 15 is 4.39 Å². The Labute approximate surface area is 330 Å². The molecule has 1 heterocycles. The number of Topliss-reactive ketones (excluding diaryl/α,β-unsaturated/α-hetero) is 1. The molecule has 4 fully saturated rings. The van der Waals surface area contributed by atoms with Gasteiger partial charge in [-0.1, -0.05) is 48.9 Å². The number of nitrogens with one attached hydrogen (secondary N) is 1. The maximum absolute atomic E-state index is 17.3. The Morgan fingerprint density at radius 2 is 1.74 bits per heavy atom. The molecule has 4 saturated carbocycles. The van der Waals surface area contributed by atoms with Crippen LogP contribution in [0.5, 0.6) is 0 Å². The SMILES string of the molecule is C[C@]12C[C@H](O)[C@@]3(F)[C@@H](CCC4=CC(=O)C=C[C@@]43C)[C@@H]1CC[C@@H]2C(=O)COC(=O)C1CC1C(=O)OCc1ccc([C@@H](CN)C(=O)Nc2ccc3cnccc3c2)cc1. The van der Waals surface area contributed by atoms with E-state index < -0.39 is 70.7 Å². The molecule has 1 aromatic heterocycles. The highest BCUT2D eigenvalue weighted by molar-refractivity contribution is 6.01. The van der Waals surface area contributed by atoms with Gasteiger partial charge < -0.3 is 25.6 Å². The van der Waals surface area contributed by atoms with Gasteiger partial charge in [-0.2, -0.15) is 0 Å². The zero-order valence-corrected chi connectivity index (χ0v) is 32.1. The first-order chi connectivity index (χ1) is 27.3. The number of aromatic nitrogens is 1. The first kappa shape index (κ1) is 38.8. The second kappa shape index (κ2) is 14.7. The standard InChI is InChI=1S/C45H48FN3O8/c1-43-20-39(52)45(46)36(10-8-29-18-31(50)13-15-44(29,45)2)35(43)11-12-37(43)38(51)24-57-42(55)33-19-32(33)41(54)56-23-25-3-5-26(6-4-25)34(21-47)40(53)49-30-9-7-28-22-48-16-14-27(28)17-30/h3-7,9,13-18,22,32-37,39,52H,8,10-12,19-21,23-24,47H2,1-2H3,(H,49,53)/t32?,33?,34-,35+,36+,37-,39+,43+,44+,45+/m1/s1. The number of hydrogen-bond acceptors (Lipinski definition) is 10. The number of anilines is 1. The lowest BCUT2D eigenvalue weighted by Gasteiger charge is -2.62. The van der Waals surface area contributed by atoms with Gasteiger partial charge in [0.2, 0.25) is 5.91 Å². The molecule has 4 N–H and O–H groups in total. The van der Waals surface area contributed by atoms with Crippen molar-refractivity contribution >= 4 is 45.9 Å². The van der Waals surface area contributed by atoms with Crippen LogP contribution in [0.3, 0.4) is 0 Å². The van der Waals surface area contributed by atoms with Crippen LogP contribution in [-0.2, 0) is 40.1 Å². The molecule has 2 aromatic carbocycles. The molecular formula is C45H48FN3O8. The van der Waals surface area contributed by atoms with Crippen molar-refractivity contribution in [3.63, 3.8) is 0 Å². The summed E-state index contributed by atoms with van der Waals surface area (Å²) in [5, 5.41) is 16.3. The minimum Gasteiger partial charge on any atom is -0.461 e. The van der Waals surface area contributed by atoms with Crippen LogP contribution in [0.1, 0.15) is 69.4 Å². The summed E-state index contributed by atoms with van der Waals surface area (Å²) in [6.45, 7) is 3.33. The molecule has 57 heavy (non-hydrogen) atoms. The summed E-state index contributed by atoms with van der Waals surface area (Å²) < 4.78 is 28.3. The van der Waals surface area contributed by atoms with Crippen LogP contribution in [-0.4, -0.2) is 64.4 Å². The van der Waals surface area contributed by atoms with Gasteiger partial charge in [0.1, 0.15) is 13.2 Å². The fourth-order valence-corrected chi connectivity index (χ4v) is 10.7. The number of aliphatic hydroxyl groups is 1. The van der Waals surface area contributed by atoms with Gasteiger partial charge in [0.05, 0.1) is 23.9 Å². The Balaban J connectivity index is 0.808. The fourth-order valence-electron chi connectivity index (χ4n) is 10.7. The molecule has 0 bridgehead atoms. The summed E-state index contributed by atoms with van der Waals surface area (Å²) in [5.41, 5.74) is 5.02. The van der Waals surface area contributed by atoms with E-state index in [2.05, 4.69) is 10.3 Å². The molecule has 298 valence electrons. The van der Waals surface area contributed by atoms with Gasteiger partial charge in [0.25, 0.3) is 0 Å². The van der Waals surface area contributed by atoms with E-state index in [1.54, 1.807) is 49.7 Å². The van der Waals surface area contributed by atoms with Gasteiger partial charge in [-0.15, -0.1) is 0 Å². The number of pyridine rings is 1. The molecule has 11 nitrogen and oxygen atoms in total. The van der Waals surface area contributed by atoms with Crippen molar-refractivity contribution in [2.45, 2.75) is 76.7 Å². The van der Waals surface area contributed by atoms with Crippen molar-refractivity contribution in [3.05, 3.63) is 95.9 Å². The number of allylic oxidation sites excluding steroid dienone is 4. The van der Waals surface area contributed by atoms with Gasteiger partial charge in [-0.05, 0) is 104 Å². The van der Waals surface area contributed by atoms with Crippen LogP contribution in [0.15, 0.2) is 84.7 Å². The average Bonchev–Trinajstić information content (AvgIpc) is 3.93. The number of ether oxygens (including phenoxy) is 2. The maximum atomic E-state index is 17.3. The Kier molecular flexibility index (Phi) is 10.0. The van der Waals surface area contributed by atoms with Crippen molar-refractivity contribution in [1.29, 1.82) is 0 Å². The van der Waals surface area contributed by atoms with Crippen molar-refractivity contribution in [3.8, 4) is 0 Å². The molecule has 12 heteroatoms. The van der Waals surface area contributed by atoms with E-state index in [0.717, 1.165) is 10.8 Å². The van der Waals surface area contributed by atoms with Crippen molar-refractivity contribution in [1.82, 2.24) is 4.98 Å². The molecule has 0 aliphatic heterocycles. The molecule has 2 unspecified atom stereocenters. The van der Waals surface area contributed by atoms with Gasteiger partial charge in [-0.25, -0.2) is 4.39 Å². The molecule has 3 aromatic rings. The highest BCUT2D eigenvalue weighted by atomic mass is 19.1. The van der Waals surface area contributed by atoms with Crippen LogP contribution in [0.2, 0.25) is 0 Å². The second-order valence-corrected chi connectivity index (χ2v) is 17.1. The smallest absolute Gasteiger partial charge is 0.310 e. The number of nitrogens with two attached hydrogens (primary N) is 1. The van der Waals surface area contributed by atoms with E-state index in [1.807, 2.05) is 31.2 Å². The molecule has 0 spiro atoms. The Morgan fingerprint density at radius 3 is 2.49 bits per heavy atom. The number of rotatable bonds is 11. The van der Waals surface area contributed by atoms with Gasteiger partial charge in [-0.3, -0.25) is 29.0 Å². The number of esters is 2. The quantitative estimate of drug-likeness (QED) is 0.205. The molecule has 0 saturated heterocycles. The van der Waals surface area contributed by atoms with E-state index in [9.17, 15) is 29.1 Å². The summed E-state index contributed by atoms with van der Waals surface area (Å²) >= 11 is 0. The minimum absolute atomic E-state index is 0.0269. The lowest BCUT2D eigenvalue weighted by atomic mass is 9.45. The summed E-state index contributed by atoms with van der Waals surface area (Å²) in [6, 6.07) is 14.5. The van der Waals surface area contributed by atoms with Gasteiger partial charge >= 0.3 is 11.9 Å². The third kappa shape index (κ3) is 6.70. The average molecular weight is 778 g/mol. The predicted molar refractivity (Wildman–Crippen MR) is 208 cm³/mol. The topological polar surface area (TPSA) is 175 Å². The summed E-state index contributed by atoms with van der Waals surface area (Å²) in [5.74, 6) is -4.97. The zero-order valence-electron chi connectivity index (χ0n) is 32.1. The van der Waals surface area contributed by atoms with Crippen LogP contribution in [0.4, 0.5) is 10.1 Å². The monoisotopic (exact) mass is 777 g/mol. The lowest BCUT2D eigenvalue weighted by molar-refractivity contribution is -0.196. The number of fused-ring (bicyclic) bond motifs is 6. The molecule has 5 aliphatic carbocycles. The first-order valence-corrected chi connectivity index (χ1v) is 19.9. The Hall–Kier alpha value is -5.07. The second-order valence-electron chi connectivity index (χ2n) is 17.1. The molecule has 5 aliphatic rings. The van der Waals surface area contributed by atoms with E-state index in [4.69, 9.17) is 15.2 Å². The number of ketones is 2. The number of amides is 1. The number of nitrogens with zero attached hydrogens (tertiary/aromatic N) is 1. The molecule has 0 radical (unpaired) electrons. The van der Waals surface area contributed by atoms with Crippen LogP contribution in [0.25, 0.3) is 10.8 Å². The number of carbonyl (C=O) groups is 5.